The first-order valence-electron chi connectivity index (χ1n) is 8.95. The third kappa shape index (κ3) is 4.69. The molecule has 1 fully saturated rings. The predicted octanol–water partition coefficient (Wildman–Crippen LogP) is 3.67. The fourth-order valence-electron chi connectivity index (χ4n) is 3.27. The quantitative estimate of drug-likeness (QED) is 0.866. The summed E-state index contributed by atoms with van der Waals surface area (Å²) in [5.41, 5.74) is 1.72. The van der Waals surface area contributed by atoms with Crippen LogP contribution in [-0.4, -0.2) is 17.9 Å². The molecule has 0 unspecified atom stereocenters. The second-order valence-electron chi connectivity index (χ2n) is 6.52. The van der Waals surface area contributed by atoms with E-state index in [2.05, 4.69) is 5.32 Å². The van der Waals surface area contributed by atoms with E-state index in [9.17, 15) is 9.59 Å². The van der Waals surface area contributed by atoms with Crippen molar-refractivity contribution in [1.82, 2.24) is 5.32 Å². The van der Waals surface area contributed by atoms with Crippen molar-refractivity contribution < 1.29 is 9.59 Å². The van der Waals surface area contributed by atoms with Crippen LogP contribution < -0.4 is 10.2 Å². The molecule has 0 atom stereocenters. The molecule has 130 valence electrons. The van der Waals surface area contributed by atoms with Gasteiger partial charge in [-0.3, -0.25) is 14.5 Å². The molecule has 0 bridgehead atoms. The van der Waals surface area contributed by atoms with Gasteiger partial charge >= 0.3 is 11.8 Å². The van der Waals surface area contributed by atoms with Crippen molar-refractivity contribution >= 4 is 17.5 Å². The SMILES string of the molecule is O=C(NC1CCCCC1)C(=O)N(Cc1ccccc1)c1ccccc1. The molecular formula is C21H24N2O2. The highest BCUT2D eigenvalue weighted by atomic mass is 16.2. The van der Waals surface area contributed by atoms with Crippen LogP contribution in [0, 0.1) is 0 Å². The third-order valence-corrected chi connectivity index (χ3v) is 4.63. The van der Waals surface area contributed by atoms with Crippen LogP contribution in [0.2, 0.25) is 0 Å². The second kappa shape index (κ2) is 8.47. The zero-order chi connectivity index (χ0) is 17.5. The molecule has 0 saturated heterocycles. The molecule has 4 nitrogen and oxygen atoms in total. The van der Waals surface area contributed by atoms with E-state index in [4.69, 9.17) is 0 Å². The molecule has 0 aromatic heterocycles. The highest BCUT2D eigenvalue weighted by Gasteiger charge is 2.26. The molecular weight excluding hydrogens is 312 g/mol. The number of para-hydroxylation sites is 1. The number of hydrogen-bond donors (Lipinski definition) is 1. The van der Waals surface area contributed by atoms with Gasteiger partial charge in [-0.1, -0.05) is 67.8 Å². The summed E-state index contributed by atoms with van der Waals surface area (Å²) in [7, 11) is 0. The topological polar surface area (TPSA) is 49.4 Å². The molecule has 0 heterocycles. The molecule has 1 N–H and O–H groups in total. The van der Waals surface area contributed by atoms with Gasteiger partial charge in [-0.05, 0) is 30.5 Å². The fraction of sp³-hybridized carbons (Fsp3) is 0.333. The number of rotatable bonds is 4. The van der Waals surface area contributed by atoms with E-state index < -0.39 is 11.8 Å². The summed E-state index contributed by atoms with van der Waals surface area (Å²) in [6.07, 6.45) is 5.37. The van der Waals surface area contributed by atoms with Crippen molar-refractivity contribution in [3.05, 3.63) is 66.2 Å². The molecule has 2 aromatic carbocycles. The molecule has 1 aliphatic carbocycles. The maximum Gasteiger partial charge on any atom is 0.316 e. The summed E-state index contributed by atoms with van der Waals surface area (Å²) in [6, 6.07) is 19.2. The molecule has 25 heavy (non-hydrogen) atoms. The van der Waals surface area contributed by atoms with Gasteiger partial charge < -0.3 is 5.32 Å². The second-order valence-corrected chi connectivity index (χ2v) is 6.52. The molecule has 0 aliphatic heterocycles. The lowest BCUT2D eigenvalue weighted by Gasteiger charge is -2.26. The monoisotopic (exact) mass is 336 g/mol. The summed E-state index contributed by atoms with van der Waals surface area (Å²) in [5, 5.41) is 2.92. The van der Waals surface area contributed by atoms with Crippen molar-refractivity contribution in [1.29, 1.82) is 0 Å². The molecule has 2 amide bonds. The van der Waals surface area contributed by atoms with Crippen LogP contribution >= 0.6 is 0 Å². The lowest BCUT2D eigenvalue weighted by atomic mass is 9.95. The van der Waals surface area contributed by atoms with Crippen molar-refractivity contribution in [3.8, 4) is 0 Å². The van der Waals surface area contributed by atoms with Gasteiger partial charge in [-0.25, -0.2) is 0 Å². The number of nitrogens with zero attached hydrogens (tertiary/aromatic N) is 1. The van der Waals surface area contributed by atoms with E-state index in [-0.39, 0.29) is 6.04 Å². The zero-order valence-electron chi connectivity index (χ0n) is 14.4. The number of carbonyl (C=O) groups excluding carboxylic acids is 2. The van der Waals surface area contributed by atoms with Gasteiger partial charge in [0.2, 0.25) is 0 Å². The van der Waals surface area contributed by atoms with Crippen LogP contribution in [-0.2, 0) is 16.1 Å². The highest BCUT2D eigenvalue weighted by molar-refractivity contribution is 6.40. The van der Waals surface area contributed by atoms with Gasteiger partial charge in [0.1, 0.15) is 0 Å². The number of amides is 2. The number of hydrogen-bond acceptors (Lipinski definition) is 2. The summed E-state index contributed by atoms with van der Waals surface area (Å²) in [6.45, 7) is 0.377. The Bertz CT molecular complexity index is 694. The van der Waals surface area contributed by atoms with Crippen LogP contribution in [0.25, 0.3) is 0 Å². The van der Waals surface area contributed by atoms with E-state index >= 15 is 0 Å². The van der Waals surface area contributed by atoms with Crippen LogP contribution in [0.15, 0.2) is 60.7 Å². The Labute approximate surface area is 148 Å². The summed E-state index contributed by atoms with van der Waals surface area (Å²) >= 11 is 0. The van der Waals surface area contributed by atoms with Crippen LogP contribution in [0.3, 0.4) is 0 Å². The number of carbonyl (C=O) groups is 2. The largest absolute Gasteiger partial charge is 0.345 e. The minimum atomic E-state index is -0.508. The van der Waals surface area contributed by atoms with Gasteiger partial charge in [0.15, 0.2) is 0 Å². The summed E-state index contributed by atoms with van der Waals surface area (Å²) in [4.78, 5) is 26.9. The molecule has 1 aliphatic rings. The average molecular weight is 336 g/mol. The lowest BCUT2D eigenvalue weighted by Crippen LogP contribution is -2.47. The van der Waals surface area contributed by atoms with Gasteiger partial charge in [0.05, 0.1) is 6.54 Å². The minimum absolute atomic E-state index is 0.125. The Kier molecular flexibility index (Phi) is 5.83. The van der Waals surface area contributed by atoms with E-state index in [1.807, 2.05) is 60.7 Å². The maximum absolute atomic E-state index is 12.8. The first-order chi connectivity index (χ1) is 12.2. The first-order valence-corrected chi connectivity index (χ1v) is 8.95. The van der Waals surface area contributed by atoms with Crippen LogP contribution in [0.4, 0.5) is 5.69 Å². The summed E-state index contributed by atoms with van der Waals surface area (Å²) in [5.74, 6) is -1.01. The molecule has 2 aromatic rings. The molecule has 4 heteroatoms. The Morgan fingerprint density at radius 3 is 2.12 bits per heavy atom. The van der Waals surface area contributed by atoms with Gasteiger partial charge in [-0.2, -0.15) is 0 Å². The predicted molar refractivity (Wildman–Crippen MR) is 99.1 cm³/mol. The molecule has 0 radical (unpaired) electrons. The number of anilines is 1. The van der Waals surface area contributed by atoms with E-state index in [1.54, 1.807) is 4.90 Å². The Balaban J connectivity index is 1.75. The van der Waals surface area contributed by atoms with Crippen LogP contribution in [0.1, 0.15) is 37.7 Å². The first kappa shape index (κ1) is 17.2. The number of nitrogens with one attached hydrogen (secondary N) is 1. The maximum atomic E-state index is 12.8. The molecule has 1 saturated carbocycles. The van der Waals surface area contributed by atoms with Crippen LogP contribution in [0.5, 0.6) is 0 Å². The Hall–Kier alpha value is -2.62. The zero-order valence-corrected chi connectivity index (χ0v) is 14.4. The Morgan fingerprint density at radius 1 is 0.880 bits per heavy atom. The fourth-order valence-corrected chi connectivity index (χ4v) is 3.27. The van der Waals surface area contributed by atoms with Gasteiger partial charge in [0, 0.05) is 11.7 Å². The van der Waals surface area contributed by atoms with Crippen molar-refractivity contribution in [2.75, 3.05) is 4.90 Å². The van der Waals surface area contributed by atoms with Crippen molar-refractivity contribution in [3.63, 3.8) is 0 Å². The Morgan fingerprint density at radius 2 is 1.48 bits per heavy atom. The molecule has 0 spiro atoms. The van der Waals surface area contributed by atoms with Crippen molar-refractivity contribution in [2.45, 2.75) is 44.7 Å². The summed E-state index contributed by atoms with van der Waals surface area (Å²) < 4.78 is 0. The molecule has 3 rings (SSSR count). The lowest BCUT2D eigenvalue weighted by molar-refractivity contribution is -0.138. The van der Waals surface area contributed by atoms with E-state index in [1.165, 1.54) is 6.42 Å². The standard InChI is InChI=1S/C21H24N2O2/c24-20(22-18-12-6-2-7-13-18)21(25)23(19-14-8-3-9-15-19)16-17-10-4-1-5-11-17/h1,3-5,8-11,14-15,18H,2,6-7,12-13,16H2,(H,22,24). The minimum Gasteiger partial charge on any atom is -0.345 e. The van der Waals surface area contributed by atoms with Gasteiger partial charge in [0.25, 0.3) is 0 Å². The van der Waals surface area contributed by atoms with Gasteiger partial charge in [-0.15, -0.1) is 0 Å². The third-order valence-electron chi connectivity index (χ3n) is 4.63. The van der Waals surface area contributed by atoms with E-state index in [0.29, 0.717) is 6.54 Å². The smallest absolute Gasteiger partial charge is 0.316 e. The average Bonchev–Trinajstić information content (AvgIpc) is 2.68. The van der Waals surface area contributed by atoms with Crippen molar-refractivity contribution in [2.24, 2.45) is 0 Å². The highest BCUT2D eigenvalue weighted by Crippen LogP contribution is 2.19. The normalized spacial score (nSPS) is 14.7. The number of benzene rings is 2. The van der Waals surface area contributed by atoms with E-state index in [0.717, 1.165) is 36.9 Å².